The number of hydrogen-bond acceptors (Lipinski definition) is 9. The average Bonchev–Trinajstić information content (AvgIpc) is 3.53. The van der Waals surface area contributed by atoms with Gasteiger partial charge in [-0.3, -0.25) is 19.0 Å². The molecule has 1 N–H and O–H groups in total. The second-order valence-electron chi connectivity index (χ2n) is 15.5. The molecular formula is C39H47ClN6O6S. The molecule has 1 saturated carbocycles. The lowest BCUT2D eigenvalue weighted by Crippen LogP contribution is -2.49. The summed E-state index contributed by atoms with van der Waals surface area (Å²) in [6, 6.07) is 9.57. The van der Waals surface area contributed by atoms with Gasteiger partial charge in [-0.25, -0.2) is 9.19 Å². The number of nitrogens with one attached hydrogen (secondary N) is 1. The van der Waals surface area contributed by atoms with Crippen LogP contribution in [0.1, 0.15) is 84.0 Å². The first-order valence-corrected chi connectivity index (χ1v) is 20.6. The molecule has 2 aliphatic carbocycles. The number of aromatic nitrogens is 3. The summed E-state index contributed by atoms with van der Waals surface area (Å²) in [6.45, 7) is 6.56. The van der Waals surface area contributed by atoms with Gasteiger partial charge in [0.1, 0.15) is 15.6 Å². The molecule has 7 unspecified atom stereocenters. The Morgan fingerprint density at radius 1 is 1.17 bits per heavy atom. The molecule has 0 radical (unpaired) electrons. The Bertz CT molecular complexity index is 2060. The molecule has 8 rings (SSSR count). The molecule has 14 heteroatoms. The Labute approximate surface area is 315 Å². The number of rotatable bonds is 4. The van der Waals surface area contributed by atoms with Crippen LogP contribution in [0.3, 0.4) is 0 Å². The molecule has 12 nitrogen and oxygen atoms in total. The minimum atomic E-state index is -3.67. The summed E-state index contributed by atoms with van der Waals surface area (Å²) in [7, 11) is -1.91. The van der Waals surface area contributed by atoms with E-state index in [4.69, 9.17) is 30.8 Å². The molecule has 5 heterocycles. The van der Waals surface area contributed by atoms with Gasteiger partial charge in [0.05, 0.1) is 49.0 Å². The van der Waals surface area contributed by atoms with Crippen LogP contribution in [0.2, 0.25) is 5.02 Å². The van der Waals surface area contributed by atoms with Crippen molar-refractivity contribution in [2.45, 2.75) is 75.2 Å². The Morgan fingerprint density at radius 3 is 2.77 bits per heavy atom. The van der Waals surface area contributed by atoms with E-state index in [0.717, 1.165) is 37.1 Å². The Morgan fingerprint density at radius 2 is 2.02 bits per heavy atom. The number of methoxy groups -OCH3 is 1. The van der Waals surface area contributed by atoms with E-state index in [1.807, 2.05) is 13.0 Å². The number of allylic oxidation sites excluding steroid dienone is 1. The van der Waals surface area contributed by atoms with Crippen LogP contribution in [0.4, 0.5) is 5.82 Å². The molecule has 2 aromatic heterocycles. The molecule has 7 atom stereocenters. The number of aryl methyl sites for hydroxylation is 1. The minimum absolute atomic E-state index is 0.0377. The predicted molar refractivity (Wildman–Crippen MR) is 202 cm³/mol. The van der Waals surface area contributed by atoms with E-state index >= 15 is 0 Å². The highest BCUT2D eigenvalue weighted by molar-refractivity contribution is 7.93. The fraction of sp³-hybridized carbons (Fsp3) is 0.538. The van der Waals surface area contributed by atoms with Crippen molar-refractivity contribution in [1.82, 2.24) is 19.5 Å². The zero-order chi connectivity index (χ0) is 36.9. The Hall–Kier alpha value is -3.78. The number of pyridine rings is 1. The molecule has 1 spiro atoms. The van der Waals surface area contributed by atoms with Gasteiger partial charge >= 0.3 is 5.91 Å². The fourth-order valence-electron chi connectivity index (χ4n) is 8.56. The monoisotopic (exact) mass is 762 g/mol. The van der Waals surface area contributed by atoms with Crippen molar-refractivity contribution in [1.29, 1.82) is 0 Å². The van der Waals surface area contributed by atoms with Crippen LogP contribution in [0.15, 0.2) is 59.2 Å². The zero-order valence-electron chi connectivity index (χ0n) is 30.4. The minimum Gasteiger partial charge on any atom is -0.489 e. The van der Waals surface area contributed by atoms with E-state index in [1.165, 1.54) is 17.3 Å². The van der Waals surface area contributed by atoms with Gasteiger partial charge in [-0.1, -0.05) is 36.7 Å². The first-order chi connectivity index (χ1) is 25.6. The zero-order valence-corrected chi connectivity index (χ0v) is 32.0. The van der Waals surface area contributed by atoms with Crippen molar-refractivity contribution < 1.29 is 28.0 Å². The third kappa shape index (κ3) is 6.90. The van der Waals surface area contributed by atoms with Gasteiger partial charge in [0.25, 0.3) is 5.91 Å². The van der Waals surface area contributed by atoms with Crippen molar-refractivity contribution in [3.63, 3.8) is 0 Å². The van der Waals surface area contributed by atoms with Gasteiger partial charge in [-0.05, 0) is 98.6 Å². The maximum atomic E-state index is 14.9. The lowest BCUT2D eigenvalue weighted by molar-refractivity contribution is -0.0286. The van der Waals surface area contributed by atoms with Gasteiger partial charge in [0.15, 0.2) is 11.6 Å². The van der Waals surface area contributed by atoms with Crippen LogP contribution in [-0.2, 0) is 31.2 Å². The molecule has 282 valence electrons. The quantitative estimate of drug-likeness (QED) is 0.320. The van der Waals surface area contributed by atoms with Crippen molar-refractivity contribution in [3.05, 3.63) is 82.3 Å². The van der Waals surface area contributed by atoms with Gasteiger partial charge in [0, 0.05) is 36.8 Å². The van der Waals surface area contributed by atoms with Crippen LogP contribution >= 0.6 is 11.6 Å². The first kappa shape index (κ1) is 36.2. The lowest BCUT2D eigenvalue weighted by Gasteiger charge is -2.45. The number of amides is 2. The van der Waals surface area contributed by atoms with E-state index in [-0.39, 0.29) is 34.7 Å². The number of fused-ring (bicyclic) bond motifs is 4. The van der Waals surface area contributed by atoms with E-state index < -0.39 is 27.0 Å². The normalized spacial score (nSPS) is 32.2. The highest BCUT2D eigenvalue weighted by Crippen LogP contribution is 2.46. The van der Waals surface area contributed by atoms with Crippen molar-refractivity contribution in [2.24, 2.45) is 22.1 Å². The van der Waals surface area contributed by atoms with Crippen LogP contribution < -0.4 is 14.4 Å². The van der Waals surface area contributed by atoms with Crippen LogP contribution in [-0.4, -0.2) is 82.2 Å². The number of anilines is 1. The van der Waals surface area contributed by atoms with Crippen LogP contribution in [0.5, 0.6) is 5.75 Å². The molecule has 3 aliphatic heterocycles. The summed E-state index contributed by atoms with van der Waals surface area (Å²) in [5.74, 6) is 0.201. The van der Waals surface area contributed by atoms with Gasteiger partial charge in [-0.15, -0.1) is 4.36 Å². The molecule has 2 fully saturated rings. The summed E-state index contributed by atoms with van der Waals surface area (Å²) in [6.07, 6.45) is 12.7. The third-order valence-corrected chi connectivity index (χ3v) is 14.8. The number of ether oxygens (including phenoxy) is 3. The second-order valence-corrected chi connectivity index (χ2v) is 18.2. The van der Waals surface area contributed by atoms with Crippen molar-refractivity contribution in [3.8, 4) is 5.75 Å². The number of nitrogens with zero attached hydrogens (tertiary/aromatic N) is 5. The van der Waals surface area contributed by atoms with Crippen LogP contribution in [0, 0.1) is 17.8 Å². The molecule has 2 bridgehead atoms. The molecule has 1 aromatic carbocycles. The Kier molecular flexibility index (Phi) is 9.88. The second kappa shape index (κ2) is 14.5. The lowest BCUT2D eigenvalue weighted by atomic mass is 9.68. The molecule has 3 aromatic rings. The smallest absolute Gasteiger partial charge is 0.305 e. The fourth-order valence-corrected chi connectivity index (χ4v) is 10.6. The summed E-state index contributed by atoms with van der Waals surface area (Å²) in [4.78, 5) is 34.9. The standard InChI is InChI=1S/C39H47ClN6O6S/c1-24-6-4-8-34(50-3)31-11-9-27(31)18-45-22-39(15-5-7-26-16-29(40)10-12-32(26)39)23-52-35-14-13-33(42-36(35)45)38(48)44-53(49,25(24)2)43-37(47)28-17-41-46(19-28)30-20-51-21-30/h4,8,10,12-14,16-17,19,24-25,27,30-31,34H,5-7,9,11,15,18,20-23H2,1-3H3,(H,43,44,47,48,49)/b8-4+. The predicted octanol–water partition coefficient (Wildman–Crippen LogP) is 5.95. The highest BCUT2D eigenvalue weighted by Gasteiger charge is 2.45. The highest BCUT2D eigenvalue weighted by atomic mass is 35.5. The topological polar surface area (TPSA) is 137 Å². The van der Waals surface area contributed by atoms with Gasteiger partial charge in [-0.2, -0.15) is 5.10 Å². The SMILES string of the molecule is COC1/C=C/CC(C)C(C)S(=O)(NC(=O)c2cnn(C3COC3)c2)=NC(=O)c2ccc3c(n2)N(CC2CCC21)CC1(CCCc2cc(Cl)ccc21)CO3. The molecular weight excluding hydrogens is 716 g/mol. The summed E-state index contributed by atoms with van der Waals surface area (Å²) < 4.78 is 41.5. The van der Waals surface area contributed by atoms with E-state index in [0.29, 0.717) is 62.7 Å². The Balaban J connectivity index is 1.19. The summed E-state index contributed by atoms with van der Waals surface area (Å²) >= 11 is 6.46. The van der Waals surface area contributed by atoms with Gasteiger partial charge < -0.3 is 19.1 Å². The number of carbonyl (C=O) groups excluding carboxylic acids is 2. The number of benzene rings is 1. The van der Waals surface area contributed by atoms with E-state index in [2.05, 4.69) is 43.4 Å². The molecule has 53 heavy (non-hydrogen) atoms. The van der Waals surface area contributed by atoms with Crippen LogP contribution in [0.25, 0.3) is 0 Å². The maximum absolute atomic E-state index is 14.9. The van der Waals surface area contributed by atoms with E-state index in [9.17, 15) is 13.8 Å². The van der Waals surface area contributed by atoms with Crippen molar-refractivity contribution >= 4 is 39.1 Å². The number of hydrogen-bond donors (Lipinski definition) is 1. The third-order valence-electron chi connectivity index (χ3n) is 12.2. The molecule has 5 aliphatic rings. The summed E-state index contributed by atoms with van der Waals surface area (Å²) in [5.41, 5.74) is 2.44. The first-order valence-electron chi connectivity index (χ1n) is 18.7. The van der Waals surface area contributed by atoms with Crippen molar-refractivity contribution in [2.75, 3.05) is 44.9 Å². The largest absolute Gasteiger partial charge is 0.489 e. The summed E-state index contributed by atoms with van der Waals surface area (Å²) in [5, 5.41) is 4.34. The maximum Gasteiger partial charge on any atom is 0.305 e. The van der Waals surface area contributed by atoms with Gasteiger partial charge in [0.2, 0.25) is 0 Å². The van der Waals surface area contributed by atoms with E-state index in [1.54, 1.807) is 37.0 Å². The average molecular weight is 763 g/mol. The molecule has 2 amide bonds. The molecule has 1 saturated heterocycles. The number of carbonyl (C=O) groups is 2. The number of halogens is 1.